The van der Waals surface area contributed by atoms with Crippen molar-refractivity contribution < 1.29 is 23.2 Å². The Hall–Kier alpha value is -2.23. The number of sulfone groups is 1. The van der Waals surface area contributed by atoms with Gasteiger partial charge in [0.2, 0.25) is 11.8 Å². The zero-order valence-corrected chi connectivity index (χ0v) is 19.6. The van der Waals surface area contributed by atoms with Gasteiger partial charge in [0, 0.05) is 6.26 Å². The molecule has 0 saturated carbocycles. The van der Waals surface area contributed by atoms with E-state index in [4.69, 9.17) is 5.84 Å². The quantitative estimate of drug-likeness (QED) is 0.175. The molecular formula is C22H35N3O5S. The third-order valence-electron chi connectivity index (χ3n) is 5.30. The van der Waals surface area contributed by atoms with Gasteiger partial charge in [0.15, 0.2) is 9.84 Å². The number of nitrogens with one attached hydrogen (secondary N) is 2. The number of carbonyl (C=O) groups is 2. The number of carbonyl (C=O) groups excluding carboxylic acids is 2. The molecule has 0 aliphatic rings. The molecule has 0 radical (unpaired) electrons. The molecule has 0 heterocycles. The number of hydroxylamine groups is 1. The Morgan fingerprint density at radius 1 is 1.10 bits per heavy atom. The summed E-state index contributed by atoms with van der Waals surface area (Å²) in [5, 5.41) is 9.51. The molecule has 0 spiro atoms. The summed E-state index contributed by atoms with van der Waals surface area (Å²) in [6, 6.07) is 9.06. The molecule has 1 rings (SSSR count). The van der Waals surface area contributed by atoms with Gasteiger partial charge >= 0.3 is 0 Å². The number of hydrogen-bond donors (Lipinski definition) is 4. The fourth-order valence-electron chi connectivity index (χ4n) is 4.07. The lowest BCUT2D eigenvalue weighted by molar-refractivity contribution is -0.142. The average Bonchev–Trinajstić information content (AvgIpc) is 2.69. The number of nitrogens with two attached hydrogens (primary N) is 1. The zero-order valence-electron chi connectivity index (χ0n) is 18.8. The normalized spacial score (nSPS) is 16.2. The number of rotatable bonds is 11. The number of hydrogen-bond acceptors (Lipinski definition) is 6. The van der Waals surface area contributed by atoms with Crippen molar-refractivity contribution in [2.24, 2.45) is 29.5 Å². The van der Waals surface area contributed by atoms with Crippen LogP contribution >= 0.6 is 0 Å². The summed E-state index contributed by atoms with van der Waals surface area (Å²) in [7, 11) is -3.95. The minimum Gasteiger partial charge on any atom is -0.294 e. The van der Waals surface area contributed by atoms with Crippen LogP contribution in [0, 0.1) is 23.7 Å². The van der Waals surface area contributed by atoms with E-state index in [1.165, 1.54) is 6.08 Å². The maximum atomic E-state index is 13.3. The van der Waals surface area contributed by atoms with E-state index in [2.05, 4.69) is 5.43 Å². The Balaban J connectivity index is 3.88. The van der Waals surface area contributed by atoms with E-state index in [0.29, 0.717) is 0 Å². The third-order valence-corrected chi connectivity index (χ3v) is 7.24. The molecule has 0 bridgehead atoms. The van der Waals surface area contributed by atoms with Gasteiger partial charge in [0.05, 0.1) is 11.8 Å². The molecular weight excluding hydrogens is 418 g/mol. The minimum absolute atomic E-state index is 0.0364. The van der Waals surface area contributed by atoms with E-state index >= 15 is 0 Å². The zero-order chi connectivity index (χ0) is 23.8. The standard InChI is InChI=1S/C22H35N3O5S/c1-15(2)13-18(20(26)24-23)19(21(27)25-28)22(14-16(3)4,31(5,29)30)12-11-17-9-7-6-8-10-17/h6-12,15-16,18-19,28H,13-14,23H2,1-5H3,(H,24,26)(H,25,27)/b12-11-/t18-,19+,22?/m1/s1. The van der Waals surface area contributed by atoms with Gasteiger partial charge in [-0.25, -0.2) is 19.7 Å². The number of benzene rings is 1. The van der Waals surface area contributed by atoms with Crippen molar-refractivity contribution in [2.45, 2.75) is 45.3 Å². The number of hydrazine groups is 1. The van der Waals surface area contributed by atoms with Crippen molar-refractivity contribution in [1.29, 1.82) is 0 Å². The summed E-state index contributed by atoms with van der Waals surface area (Å²) < 4.78 is 24.8. The maximum Gasteiger partial charge on any atom is 0.249 e. The summed E-state index contributed by atoms with van der Waals surface area (Å²) in [6.07, 6.45) is 4.44. The molecule has 9 heteroatoms. The third kappa shape index (κ3) is 6.88. The molecule has 31 heavy (non-hydrogen) atoms. The lowest BCUT2D eigenvalue weighted by atomic mass is 9.72. The second-order valence-electron chi connectivity index (χ2n) is 8.77. The van der Waals surface area contributed by atoms with Crippen molar-refractivity contribution in [3.05, 3.63) is 42.0 Å². The van der Waals surface area contributed by atoms with Crippen LogP contribution in [0.2, 0.25) is 0 Å². The van der Waals surface area contributed by atoms with E-state index in [9.17, 15) is 23.2 Å². The van der Waals surface area contributed by atoms with Gasteiger partial charge in [-0.2, -0.15) is 0 Å². The van der Waals surface area contributed by atoms with Crippen LogP contribution in [-0.4, -0.2) is 36.4 Å². The van der Waals surface area contributed by atoms with Crippen molar-refractivity contribution in [2.75, 3.05) is 6.26 Å². The number of amides is 2. The molecule has 0 aliphatic carbocycles. The lowest BCUT2D eigenvalue weighted by Crippen LogP contribution is -2.57. The van der Waals surface area contributed by atoms with Crippen molar-refractivity contribution in [3.63, 3.8) is 0 Å². The van der Waals surface area contributed by atoms with Gasteiger partial charge in [0.1, 0.15) is 4.75 Å². The predicted octanol–water partition coefficient (Wildman–Crippen LogP) is 2.30. The summed E-state index contributed by atoms with van der Waals surface area (Å²) in [6.45, 7) is 7.39. The largest absolute Gasteiger partial charge is 0.294 e. The molecule has 1 unspecified atom stereocenters. The Bertz CT molecular complexity index is 868. The van der Waals surface area contributed by atoms with Crippen molar-refractivity contribution in [1.82, 2.24) is 10.9 Å². The first-order valence-corrected chi connectivity index (χ1v) is 12.2. The first-order valence-electron chi connectivity index (χ1n) is 10.3. The van der Waals surface area contributed by atoms with Crippen molar-refractivity contribution >= 4 is 27.7 Å². The SMILES string of the molecule is CC(C)C[C@@H](C(=O)NN)[C@@H](C(=O)NO)C(/C=C\c1ccccc1)(CC(C)C)S(C)(=O)=O. The van der Waals surface area contributed by atoms with Crippen molar-refractivity contribution in [3.8, 4) is 0 Å². The molecule has 0 fully saturated rings. The molecule has 1 aromatic rings. The van der Waals surface area contributed by atoms with E-state index in [-0.39, 0.29) is 24.7 Å². The molecule has 3 atom stereocenters. The van der Waals surface area contributed by atoms with Gasteiger partial charge in [-0.15, -0.1) is 0 Å². The Kier molecular flexibility index (Phi) is 9.86. The van der Waals surface area contributed by atoms with E-state index < -0.39 is 38.2 Å². The summed E-state index contributed by atoms with van der Waals surface area (Å²) >= 11 is 0. The molecule has 1 aromatic carbocycles. The summed E-state index contributed by atoms with van der Waals surface area (Å²) in [5.74, 6) is 1.13. The molecule has 2 amide bonds. The van der Waals surface area contributed by atoms with Crippen LogP contribution in [-0.2, 0) is 19.4 Å². The monoisotopic (exact) mass is 453 g/mol. The average molecular weight is 454 g/mol. The first-order chi connectivity index (χ1) is 14.4. The van der Waals surface area contributed by atoms with Crippen LogP contribution in [0.5, 0.6) is 0 Å². The minimum atomic E-state index is -3.95. The highest BCUT2D eigenvalue weighted by atomic mass is 32.2. The predicted molar refractivity (Wildman–Crippen MR) is 121 cm³/mol. The summed E-state index contributed by atoms with van der Waals surface area (Å²) in [5.41, 5.74) is 4.39. The summed E-state index contributed by atoms with van der Waals surface area (Å²) in [4.78, 5) is 25.7. The van der Waals surface area contributed by atoms with Gasteiger partial charge in [-0.3, -0.25) is 20.2 Å². The second kappa shape index (κ2) is 11.4. The first kappa shape index (κ1) is 26.8. The smallest absolute Gasteiger partial charge is 0.249 e. The van der Waals surface area contributed by atoms with E-state index in [0.717, 1.165) is 11.8 Å². The maximum absolute atomic E-state index is 13.3. The van der Waals surface area contributed by atoms with Gasteiger partial charge < -0.3 is 0 Å². The molecule has 0 aliphatic heterocycles. The Labute approximate surface area is 185 Å². The van der Waals surface area contributed by atoms with Crippen LogP contribution < -0.4 is 16.7 Å². The van der Waals surface area contributed by atoms with Crippen LogP contribution in [0.4, 0.5) is 0 Å². The molecule has 0 aromatic heterocycles. The fraction of sp³-hybridized carbons (Fsp3) is 0.545. The fourth-order valence-corrected chi connectivity index (χ4v) is 5.75. The Morgan fingerprint density at radius 2 is 1.68 bits per heavy atom. The molecule has 5 N–H and O–H groups in total. The van der Waals surface area contributed by atoms with Crippen LogP contribution in [0.15, 0.2) is 36.4 Å². The van der Waals surface area contributed by atoms with Gasteiger partial charge in [-0.05, 0) is 30.2 Å². The highest BCUT2D eigenvalue weighted by molar-refractivity contribution is 7.92. The molecule has 8 nitrogen and oxygen atoms in total. The topological polar surface area (TPSA) is 139 Å². The molecule has 0 saturated heterocycles. The van der Waals surface area contributed by atoms with Gasteiger partial charge in [0.25, 0.3) is 0 Å². The van der Waals surface area contributed by atoms with E-state index in [1.54, 1.807) is 23.7 Å². The lowest BCUT2D eigenvalue weighted by Gasteiger charge is -2.40. The highest BCUT2D eigenvalue weighted by Crippen LogP contribution is 2.42. The highest BCUT2D eigenvalue weighted by Gasteiger charge is 2.54. The molecule has 174 valence electrons. The van der Waals surface area contributed by atoms with Crippen LogP contribution in [0.25, 0.3) is 6.08 Å². The van der Waals surface area contributed by atoms with Gasteiger partial charge in [-0.1, -0.05) is 70.2 Å². The van der Waals surface area contributed by atoms with Crippen LogP contribution in [0.3, 0.4) is 0 Å². The Morgan fingerprint density at radius 3 is 2.10 bits per heavy atom. The van der Waals surface area contributed by atoms with Crippen LogP contribution in [0.1, 0.15) is 46.1 Å². The van der Waals surface area contributed by atoms with E-state index in [1.807, 2.05) is 45.9 Å². The second-order valence-corrected chi connectivity index (χ2v) is 11.1.